The Morgan fingerprint density at radius 2 is 1.70 bits per heavy atom. The maximum Gasteiger partial charge on any atom is 0.230 e. The highest BCUT2D eigenvalue weighted by atomic mass is 16.5. The fraction of sp³-hybridized carbons (Fsp3) is 0.579. The molecule has 1 aliphatic carbocycles. The van der Waals surface area contributed by atoms with Gasteiger partial charge in [0.25, 0.3) is 0 Å². The van der Waals surface area contributed by atoms with Crippen molar-refractivity contribution in [1.82, 2.24) is 10.1 Å². The normalized spacial score (nSPS) is 20.3. The van der Waals surface area contributed by atoms with Crippen LogP contribution in [0.25, 0.3) is 11.4 Å². The van der Waals surface area contributed by atoms with Crippen LogP contribution in [-0.4, -0.2) is 23.2 Å². The molecule has 4 rings (SSSR count). The third kappa shape index (κ3) is 3.12. The van der Waals surface area contributed by atoms with Gasteiger partial charge in [0.2, 0.25) is 11.7 Å². The molecular weight excluding hydrogens is 286 g/mol. The van der Waals surface area contributed by atoms with Gasteiger partial charge in [-0.25, -0.2) is 0 Å². The minimum atomic E-state index is 0.478. The van der Waals surface area contributed by atoms with Crippen molar-refractivity contribution in [1.29, 1.82) is 0 Å². The van der Waals surface area contributed by atoms with Crippen LogP contribution in [0.2, 0.25) is 0 Å². The first-order valence-electron chi connectivity index (χ1n) is 8.98. The average Bonchev–Trinajstić information content (AvgIpc) is 3.27. The van der Waals surface area contributed by atoms with Crippen molar-refractivity contribution in [2.45, 2.75) is 51.4 Å². The Labute approximate surface area is 137 Å². The van der Waals surface area contributed by atoms with E-state index in [0.717, 1.165) is 36.3 Å². The predicted molar refractivity (Wildman–Crippen MR) is 91.6 cm³/mol. The van der Waals surface area contributed by atoms with Gasteiger partial charge in [-0.1, -0.05) is 24.9 Å². The Morgan fingerprint density at radius 3 is 2.39 bits per heavy atom. The summed E-state index contributed by atoms with van der Waals surface area (Å²) in [6.07, 6.45) is 7.52. The molecule has 1 aliphatic heterocycles. The number of nitrogens with zero attached hydrogens (tertiary/aromatic N) is 3. The Balaban J connectivity index is 1.47. The topological polar surface area (TPSA) is 42.2 Å². The molecule has 1 saturated carbocycles. The predicted octanol–water partition coefficient (Wildman–Crippen LogP) is 4.63. The molecule has 0 bridgehead atoms. The summed E-state index contributed by atoms with van der Waals surface area (Å²) in [5.74, 6) is 2.89. The number of anilines is 1. The lowest BCUT2D eigenvalue weighted by atomic mass is 9.98. The van der Waals surface area contributed by atoms with E-state index >= 15 is 0 Å². The van der Waals surface area contributed by atoms with E-state index in [4.69, 9.17) is 4.52 Å². The zero-order chi connectivity index (χ0) is 15.6. The summed E-state index contributed by atoms with van der Waals surface area (Å²) in [6, 6.07) is 8.63. The van der Waals surface area contributed by atoms with Crippen LogP contribution in [0.3, 0.4) is 0 Å². The molecule has 1 aromatic carbocycles. The molecule has 0 atom stereocenters. The number of aromatic nitrogens is 2. The first kappa shape index (κ1) is 14.7. The number of rotatable bonds is 3. The largest absolute Gasteiger partial charge is 0.372 e. The molecule has 4 heteroatoms. The third-order valence-electron chi connectivity index (χ3n) is 5.42. The van der Waals surface area contributed by atoms with Crippen molar-refractivity contribution in [2.24, 2.45) is 5.92 Å². The standard InChI is InChI=1S/C19H25N3O/c1-14-10-12-22(13-11-14)17-8-6-15(7-9-17)18-20-19(23-21-18)16-4-2-3-5-16/h6-9,14,16H,2-5,10-13H2,1H3. The van der Waals surface area contributed by atoms with Crippen molar-refractivity contribution in [3.8, 4) is 11.4 Å². The number of hydrogen-bond acceptors (Lipinski definition) is 4. The molecule has 0 radical (unpaired) electrons. The molecule has 2 aromatic rings. The van der Waals surface area contributed by atoms with Crippen LogP contribution in [0.4, 0.5) is 5.69 Å². The van der Waals surface area contributed by atoms with Crippen LogP contribution in [-0.2, 0) is 0 Å². The van der Waals surface area contributed by atoms with Gasteiger partial charge < -0.3 is 9.42 Å². The van der Waals surface area contributed by atoms with Gasteiger partial charge in [-0.2, -0.15) is 4.98 Å². The van der Waals surface area contributed by atoms with E-state index in [1.165, 1.54) is 44.2 Å². The molecule has 0 unspecified atom stereocenters. The monoisotopic (exact) mass is 311 g/mol. The van der Waals surface area contributed by atoms with Gasteiger partial charge in [-0.15, -0.1) is 0 Å². The molecule has 2 aliphatic rings. The second-order valence-electron chi connectivity index (χ2n) is 7.15. The Kier molecular flexibility index (Phi) is 4.06. The first-order valence-corrected chi connectivity index (χ1v) is 8.98. The minimum Gasteiger partial charge on any atom is -0.372 e. The second-order valence-corrected chi connectivity index (χ2v) is 7.15. The highest BCUT2D eigenvalue weighted by molar-refractivity contribution is 5.60. The maximum atomic E-state index is 5.49. The third-order valence-corrected chi connectivity index (χ3v) is 5.42. The number of benzene rings is 1. The maximum absolute atomic E-state index is 5.49. The quantitative estimate of drug-likeness (QED) is 0.828. The fourth-order valence-electron chi connectivity index (χ4n) is 3.78. The molecule has 1 aromatic heterocycles. The molecule has 23 heavy (non-hydrogen) atoms. The molecule has 2 heterocycles. The SMILES string of the molecule is CC1CCN(c2ccc(-c3noc(C4CCCC4)n3)cc2)CC1. The Bertz CT molecular complexity index is 635. The van der Waals surface area contributed by atoms with Gasteiger partial charge in [-0.05, 0) is 55.9 Å². The molecule has 0 amide bonds. The number of hydrogen-bond donors (Lipinski definition) is 0. The molecular formula is C19H25N3O. The van der Waals surface area contributed by atoms with Gasteiger partial charge in [0.15, 0.2) is 0 Å². The van der Waals surface area contributed by atoms with Crippen molar-refractivity contribution in [2.75, 3.05) is 18.0 Å². The van der Waals surface area contributed by atoms with E-state index in [0.29, 0.717) is 5.92 Å². The van der Waals surface area contributed by atoms with Crippen molar-refractivity contribution < 1.29 is 4.52 Å². The van der Waals surface area contributed by atoms with Gasteiger partial charge in [0.05, 0.1) is 0 Å². The summed E-state index contributed by atoms with van der Waals surface area (Å²) in [5.41, 5.74) is 2.35. The molecule has 1 saturated heterocycles. The van der Waals surface area contributed by atoms with Crippen LogP contribution in [0, 0.1) is 5.92 Å². The highest BCUT2D eigenvalue weighted by Crippen LogP contribution is 2.34. The Hall–Kier alpha value is -1.84. The summed E-state index contributed by atoms with van der Waals surface area (Å²) in [6.45, 7) is 4.67. The van der Waals surface area contributed by atoms with Gasteiger partial charge in [-0.3, -0.25) is 0 Å². The summed E-state index contributed by atoms with van der Waals surface area (Å²) in [4.78, 5) is 7.10. The van der Waals surface area contributed by atoms with E-state index in [1.807, 2.05) is 0 Å². The lowest BCUT2D eigenvalue weighted by Gasteiger charge is -2.32. The molecule has 4 nitrogen and oxygen atoms in total. The zero-order valence-electron chi connectivity index (χ0n) is 13.9. The van der Waals surface area contributed by atoms with E-state index < -0.39 is 0 Å². The van der Waals surface area contributed by atoms with Gasteiger partial charge in [0, 0.05) is 30.3 Å². The lowest BCUT2D eigenvalue weighted by molar-refractivity contribution is 0.354. The van der Waals surface area contributed by atoms with Crippen LogP contribution >= 0.6 is 0 Å². The minimum absolute atomic E-state index is 0.478. The van der Waals surface area contributed by atoms with Crippen molar-refractivity contribution >= 4 is 5.69 Å². The second kappa shape index (κ2) is 6.34. The van der Waals surface area contributed by atoms with Gasteiger partial charge >= 0.3 is 0 Å². The van der Waals surface area contributed by atoms with E-state index in [1.54, 1.807) is 0 Å². The van der Waals surface area contributed by atoms with E-state index in [2.05, 4.69) is 46.2 Å². The smallest absolute Gasteiger partial charge is 0.230 e. The molecule has 0 N–H and O–H groups in total. The van der Waals surface area contributed by atoms with E-state index in [9.17, 15) is 0 Å². The van der Waals surface area contributed by atoms with Crippen LogP contribution in [0.15, 0.2) is 28.8 Å². The first-order chi connectivity index (χ1) is 11.3. The summed E-state index contributed by atoms with van der Waals surface area (Å²) >= 11 is 0. The van der Waals surface area contributed by atoms with Crippen LogP contribution in [0.5, 0.6) is 0 Å². The van der Waals surface area contributed by atoms with Gasteiger partial charge in [0.1, 0.15) is 0 Å². The fourth-order valence-corrected chi connectivity index (χ4v) is 3.78. The lowest BCUT2D eigenvalue weighted by Crippen LogP contribution is -2.32. The van der Waals surface area contributed by atoms with Crippen LogP contribution in [0.1, 0.15) is 57.3 Å². The van der Waals surface area contributed by atoms with Crippen molar-refractivity contribution in [3.63, 3.8) is 0 Å². The summed E-state index contributed by atoms with van der Waals surface area (Å²) in [7, 11) is 0. The Morgan fingerprint density at radius 1 is 1.00 bits per heavy atom. The molecule has 2 fully saturated rings. The summed E-state index contributed by atoms with van der Waals surface area (Å²) in [5, 5.41) is 4.18. The average molecular weight is 311 g/mol. The van der Waals surface area contributed by atoms with E-state index in [-0.39, 0.29) is 0 Å². The molecule has 0 spiro atoms. The molecule has 122 valence electrons. The van der Waals surface area contributed by atoms with Crippen LogP contribution < -0.4 is 4.90 Å². The van der Waals surface area contributed by atoms with Crippen molar-refractivity contribution in [3.05, 3.63) is 30.2 Å². The highest BCUT2D eigenvalue weighted by Gasteiger charge is 2.23. The summed E-state index contributed by atoms with van der Waals surface area (Å²) < 4.78 is 5.49. The number of piperidine rings is 1. The zero-order valence-corrected chi connectivity index (χ0v) is 13.9.